The molecule has 1 aliphatic rings. The van der Waals surface area contributed by atoms with Crippen LogP contribution in [-0.2, 0) is 4.79 Å². The molecule has 0 heterocycles. The Hall–Kier alpha value is -0.910. The van der Waals surface area contributed by atoms with Crippen molar-refractivity contribution in [1.29, 1.82) is 0 Å². The van der Waals surface area contributed by atoms with Gasteiger partial charge in [-0.1, -0.05) is 44.8 Å². The maximum absolute atomic E-state index is 10.6. The van der Waals surface area contributed by atoms with Crippen LogP contribution >= 0.6 is 0 Å². The van der Waals surface area contributed by atoms with Gasteiger partial charge >= 0.3 is 5.97 Å². The van der Waals surface area contributed by atoms with Gasteiger partial charge in [-0.2, -0.15) is 0 Å². The van der Waals surface area contributed by atoms with E-state index in [0.717, 1.165) is 38.5 Å². The predicted molar refractivity (Wildman–Crippen MR) is 93.6 cm³/mol. The largest absolute Gasteiger partial charge is 0.481 e. The Bertz CT molecular complexity index is 382. The minimum absolute atomic E-state index is 0.0290. The maximum Gasteiger partial charge on any atom is 0.303 e. The van der Waals surface area contributed by atoms with Crippen molar-refractivity contribution in [3.8, 4) is 0 Å². The molecule has 0 saturated heterocycles. The molecule has 0 unspecified atom stereocenters. The van der Waals surface area contributed by atoms with Crippen LogP contribution in [0.1, 0.15) is 71.1 Å². The molecule has 0 aromatic rings. The summed E-state index contributed by atoms with van der Waals surface area (Å²) in [6.07, 6.45) is 9.42. The van der Waals surface area contributed by atoms with Crippen molar-refractivity contribution in [3.05, 3.63) is 12.2 Å². The fourth-order valence-corrected chi connectivity index (χ4v) is 3.58. The average Bonchev–Trinajstić information content (AvgIpc) is 2.51. The van der Waals surface area contributed by atoms with Gasteiger partial charge in [0.2, 0.25) is 0 Å². The summed E-state index contributed by atoms with van der Waals surface area (Å²) < 4.78 is 0. The Morgan fingerprint density at radius 2 is 1.92 bits per heavy atom. The molecule has 0 radical (unpaired) electrons. The molecule has 1 rings (SSSR count). The molecule has 0 aliphatic heterocycles. The lowest BCUT2D eigenvalue weighted by molar-refractivity contribution is -0.137. The number of allylic oxidation sites excluding steroid dienone is 1. The number of rotatable bonds is 11. The molecule has 0 amide bonds. The van der Waals surface area contributed by atoms with Crippen LogP contribution in [0.25, 0.3) is 0 Å². The van der Waals surface area contributed by atoms with E-state index in [1.165, 1.54) is 0 Å². The predicted octanol–water partition coefficient (Wildman–Crippen LogP) is 2.88. The standard InChI is InChI=1S/C19H34O5/c1-2-3-4-7-15(20)11-10-14-12-16(21)13-18(22)17(14)8-5-6-9-19(23)24/h10-11,14-18,20-22H,2-9,12-13H2,1H3,(H,23,24)/b11-10+/t14-,15+,16+,17+,18-/m0/s1. The minimum atomic E-state index is -0.790. The van der Waals surface area contributed by atoms with Crippen molar-refractivity contribution in [2.24, 2.45) is 11.8 Å². The summed E-state index contributed by atoms with van der Waals surface area (Å²) >= 11 is 0. The maximum atomic E-state index is 10.6. The summed E-state index contributed by atoms with van der Waals surface area (Å²) in [6, 6.07) is 0. The molecule has 140 valence electrons. The third-order valence-electron chi connectivity index (χ3n) is 4.96. The van der Waals surface area contributed by atoms with Gasteiger partial charge in [0.25, 0.3) is 0 Å². The molecule has 1 saturated carbocycles. The van der Waals surface area contributed by atoms with E-state index < -0.39 is 24.3 Å². The summed E-state index contributed by atoms with van der Waals surface area (Å²) in [6.45, 7) is 2.13. The third-order valence-corrected chi connectivity index (χ3v) is 4.96. The van der Waals surface area contributed by atoms with E-state index >= 15 is 0 Å². The zero-order valence-electron chi connectivity index (χ0n) is 14.8. The fraction of sp³-hybridized carbons (Fsp3) is 0.842. The number of hydrogen-bond acceptors (Lipinski definition) is 4. The lowest BCUT2D eigenvalue weighted by Crippen LogP contribution is -2.38. The first-order chi connectivity index (χ1) is 11.4. The van der Waals surface area contributed by atoms with Crippen LogP contribution in [0.5, 0.6) is 0 Å². The summed E-state index contributed by atoms with van der Waals surface area (Å²) in [5, 5.41) is 38.9. The Morgan fingerprint density at radius 1 is 1.17 bits per heavy atom. The van der Waals surface area contributed by atoms with E-state index in [9.17, 15) is 20.1 Å². The molecule has 4 N–H and O–H groups in total. The van der Waals surface area contributed by atoms with Gasteiger partial charge in [-0.05, 0) is 43.9 Å². The molecule has 1 aliphatic carbocycles. The quantitative estimate of drug-likeness (QED) is 0.342. The van der Waals surface area contributed by atoms with Gasteiger partial charge in [-0.25, -0.2) is 0 Å². The SMILES string of the molecule is CCCCC[C@@H](O)/C=C/[C@H]1C[C@@H](O)C[C@H](O)[C@@H]1CCCCC(=O)O. The molecule has 1 fully saturated rings. The highest BCUT2D eigenvalue weighted by atomic mass is 16.4. The topological polar surface area (TPSA) is 98.0 Å². The number of hydrogen-bond donors (Lipinski definition) is 4. The molecule has 0 spiro atoms. The monoisotopic (exact) mass is 342 g/mol. The smallest absolute Gasteiger partial charge is 0.303 e. The Balaban J connectivity index is 2.52. The number of carboxylic acids is 1. The average molecular weight is 342 g/mol. The third kappa shape index (κ3) is 8.27. The van der Waals surface area contributed by atoms with Crippen LogP contribution in [0.4, 0.5) is 0 Å². The lowest BCUT2D eigenvalue weighted by atomic mass is 9.73. The van der Waals surface area contributed by atoms with Crippen LogP contribution in [0, 0.1) is 11.8 Å². The van der Waals surface area contributed by atoms with Crippen molar-refractivity contribution in [2.75, 3.05) is 0 Å². The van der Waals surface area contributed by atoms with E-state index in [2.05, 4.69) is 6.92 Å². The van der Waals surface area contributed by atoms with Crippen molar-refractivity contribution in [3.63, 3.8) is 0 Å². The van der Waals surface area contributed by atoms with Gasteiger partial charge in [-0.3, -0.25) is 4.79 Å². The van der Waals surface area contributed by atoms with Crippen LogP contribution in [-0.4, -0.2) is 44.7 Å². The summed E-state index contributed by atoms with van der Waals surface area (Å²) in [5.74, 6) is -0.725. The van der Waals surface area contributed by atoms with Gasteiger partial charge in [0.1, 0.15) is 0 Å². The van der Waals surface area contributed by atoms with Crippen LogP contribution in [0.2, 0.25) is 0 Å². The van der Waals surface area contributed by atoms with Gasteiger partial charge in [0.15, 0.2) is 0 Å². The fourth-order valence-electron chi connectivity index (χ4n) is 3.58. The number of carboxylic acid groups (broad SMARTS) is 1. The summed E-state index contributed by atoms with van der Waals surface area (Å²) in [4.78, 5) is 10.6. The second-order valence-corrected chi connectivity index (χ2v) is 7.11. The van der Waals surface area contributed by atoms with Crippen LogP contribution in [0.3, 0.4) is 0 Å². The van der Waals surface area contributed by atoms with Gasteiger partial charge in [-0.15, -0.1) is 0 Å². The lowest BCUT2D eigenvalue weighted by Gasteiger charge is -2.37. The highest BCUT2D eigenvalue weighted by Crippen LogP contribution is 2.35. The Morgan fingerprint density at radius 3 is 2.58 bits per heavy atom. The summed E-state index contributed by atoms with van der Waals surface area (Å²) in [5.41, 5.74) is 0. The molecular weight excluding hydrogens is 308 g/mol. The minimum Gasteiger partial charge on any atom is -0.481 e. The van der Waals surface area contributed by atoms with Gasteiger partial charge in [0, 0.05) is 6.42 Å². The zero-order valence-corrected chi connectivity index (χ0v) is 14.8. The first-order valence-corrected chi connectivity index (χ1v) is 9.38. The first kappa shape index (κ1) is 21.1. The first-order valence-electron chi connectivity index (χ1n) is 9.38. The van der Waals surface area contributed by atoms with E-state index in [4.69, 9.17) is 5.11 Å². The Labute approximate surface area is 145 Å². The molecule has 0 bridgehead atoms. The molecule has 5 atom stereocenters. The van der Waals surface area contributed by atoms with Crippen molar-refractivity contribution < 1.29 is 25.2 Å². The highest BCUT2D eigenvalue weighted by Gasteiger charge is 2.34. The van der Waals surface area contributed by atoms with Crippen molar-refractivity contribution >= 4 is 5.97 Å². The van der Waals surface area contributed by atoms with Crippen LogP contribution < -0.4 is 0 Å². The van der Waals surface area contributed by atoms with Crippen LogP contribution in [0.15, 0.2) is 12.2 Å². The molecule has 5 heteroatoms. The number of aliphatic carboxylic acids is 1. The van der Waals surface area contributed by atoms with E-state index in [1.54, 1.807) is 6.08 Å². The van der Waals surface area contributed by atoms with E-state index in [0.29, 0.717) is 19.3 Å². The van der Waals surface area contributed by atoms with Crippen molar-refractivity contribution in [1.82, 2.24) is 0 Å². The second-order valence-electron chi connectivity index (χ2n) is 7.11. The van der Waals surface area contributed by atoms with Gasteiger partial charge in [0.05, 0.1) is 18.3 Å². The second kappa shape index (κ2) is 11.6. The molecule has 0 aromatic carbocycles. The molecular formula is C19H34O5. The van der Waals surface area contributed by atoms with Gasteiger partial charge < -0.3 is 20.4 Å². The number of unbranched alkanes of at least 4 members (excludes halogenated alkanes) is 3. The number of aliphatic hydroxyl groups is 3. The Kier molecular flexibility index (Phi) is 10.2. The normalized spacial score (nSPS) is 29.0. The number of aliphatic hydroxyl groups excluding tert-OH is 3. The summed E-state index contributed by atoms with van der Waals surface area (Å²) in [7, 11) is 0. The molecule has 5 nitrogen and oxygen atoms in total. The number of carbonyl (C=O) groups is 1. The van der Waals surface area contributed by atoms with E-state index in [1.807, 2.05) is 6.08 Å². The highest BCUT2D eigenvalue weighted by molar-refractivity contribution is 5.66. The zero-order chi connectivity index (χ0) is 17.9. The van der Waals surface area contributed by atoms with Crippen molar-refractivity contribution in [2.45, 2.75) is 89.4 Å². The molecule has 0 aromatic heterocycles. The van der Waals surface area contributed by atoms with E-state index in [-0.39, 0.29) is 18.3 Å². The molecule has 24 heavy (non-hydrogen) atoms.